The van der Waals surface area contributed by atoms with Crippen molar-refractivity contribution in [2.24, 2.45) is 17.6 Å². The standard InChI is InChI=1S/C10H20N2OS/c1-7-5-8(7)6-12-10(13)9(11)3-4-14-2/h7-9H,3-6,11H2,1-2H3,(H,12,13)/t7?,8?,9-/m0/s1. The molecule has 1 amide bonds. The second-order valence-electron chi connectivity index (χ2n) is 4.11. The van der Waals surface area contributed by atoms with Crippen LogP contribution < -0.4 is 11.1 Å². The van der Waals surface area contributed by atoms with Crippen LogP contribution in [0.4, 0.5) is 0 Å². The Morgan fingerprint density at radius 3 is 2.86 bits per heavy atom. The molecule has 0 spiro atoms. The van der Waals surface area contributed by atoms with Crippen molar-refractivity contribution in [1.82, 2.24) is 5.32 Å². The van der Waals surface area contributed by atoms with Gasteiger partial charge in [0.1, 0.15) is 0 Å². The van der Waals surface area contributed by atoms with Crippen molar-refractivity contribution in [3.8, 4) is 0 Å². The first kappa shape index (κ1) is 11.9. The Balaban J connectivity index is 2.07. The molecule has 3 atom stereocenters. The highest BCUT2D eigenvalue weighted by molar-refractivity contribution is 7.98. The zero-order chi connectivity index (χ0) is 10.6. The van der Waals surface area contributed by atoms with Gasteiger partial charge in [0.05, 0.1) is 6.04 Å². The molecule has 0 aromatic rings. The lowest BCUT2D eigenvalue weighted by Gasteiger charge is -2.11. The van der Waals surface area contributed by atoms with E-state index in [1.165, 1.54) is 6.42 Å². The number of carbonyl (C=O) groups excluding carboxylic acids is 1. The molecule has 2 unspecified atom stereocenters. The van der Waals surface area contributed by atoms with Crippen LogP contribution in [0.3, 0.4) is 0 Å². The zero-order valence-corrected chi connectivity index (χ0v) is 9.77. The van der Waals surface area contributed by atoms with Crippen LogP contribution in [0.2, 0.25) is 0 Å². The normalized spacial score (nSPS) is 27.1. The number of nitrogens with two attached hydrogens (primary N) is 1. The molecule has 4 heteroatoms. The van der Waals surface area contributed by atoms with Gasteiger partial charge in [0.2, 0.25) is 5.91 Å². The van der Waals surface area contributed by atoms with Crippen LogP contribution in [-0.4, -0.2) is 30.5 Å². The molecule has 0 bridgehead atoms. The quantitative estimate of drug-likeness (QED) is 0.692. The molecule has 0 radical (unpaired) electrons. The zero-order valence-electron chi connectivity index (χ0n) is 8.95. The molecule has 82 valence electrons. The summed E-state index contributed by atoms with van der Waals surface area (Å²) in [5, 5.41) is 2.91. The van der Waals surface area contributed by atoms with Gasteiger partial charge in [-0.3, -0.25) is 4.79 Å². The highest BCUT2D eigenvalue weighted by atomic mass is 32.2. The Morgan fingerprint density at radius 2 is 2.36 bits per heavy atom. The van der Waals surface area contributed by atoms with Gasteiger partial charge >= 0.3 is 0 Å². The first-order valence-electron chi connectivity index (χ1n) is 5.17. The van der Waals surface area contributed by atoms with Crippen LogP contribution >= 0.6 is 11.8 Å². The third kappa shape index (κ3) is 3.88. The van der Waals surface area contributed by atoms with Gasteiger partial charge in [0.25, 0.3) is 0 Å². The average Bonchev–Trinajstić information content (AvgIpc) is 2.87. The lowest BCUT2D eigenvalue weighted by molar-refractivity contribution is -0.122. The number of amides is 1. The van der Waals surface area contributed by atoms with E-state index in [0.29, 0.717) is 5.92 Å². The molecule has 1 rings (SSSR count). The molecule has 1 saturated carbocycles. The van der Waals surface area contributed by atoms with Gasteiger partial charge in [-0.05, 0) is 36.7 Å². The fourth-order valence-electron chi connectivity index (χ4n) is 1.42. The summed E-state index contributed by atoms with van der Waals surface area (Å²) >= 11 is 1.72. The Hall–Kier alpha value is -0.220. The number of thioether (sulfide) groups is 1. The van der Waals surface area contributed by atoms with Crippen LogP contribution in [0, 0.1) is 11.8 Å². The summed E-state index contributed by atoms with van der Waals surface area (Å²) < 4.78 is 0. The van der Waals surface area contributed by atoms with Gasteiger partial charge in [-0.15, -0.1) is 0 Å². The topological polar surface area (TPSA) is 55.1 Å². The van der Waals surface area contributed by atoms with Gasteiger partial charge in [-0.2, -0.15) is 11.8 Å². The number of carbonyl (C=O) groups is 1. The monoisotopic (exact) mass is 216 g/mol. The molecular weight excluding hydrogens is 196 g/mol. The smallest absolute Gasteiger partial charge is 0.236 e. The number of nitrogens with one attached hydrogen (secondary N) is 1. The second kappa shape index (κ2) is 5.61. The number of rotatable bonds is 6. The fourth-order valence-corrected chi connectivity index (χ4v) is 1.91. The third-order valence-corrected chi connectivity index (χ3v) is 3.43. The Bertz CT molecular complexity index is 199. The van der Waals surface area contributed by atoms with Crippen molar-refractivity contribution in [2.75, 3.05) is 18.6 Å². The highest BCUT2D eigenvalue weighted by Gasteiger charge is 2.32. The minimum atomic E-state index is -0.323. The Morgan fingerprint density at radius 1 is 1.71 bits per heavy atom. The molecule has 0 aromatic carbocycles. The largest absolute Gasteiger partial charge is 0.354 e. The highest BCUT2D eigenvalue weighted by Crippen LogP contribution is 2.36. The SMILES string of the molecule is CSCC[C@H](N)C(=O)NCC1CC1C. The molecule has 14 heavy (non-hydrogen) atoms. The summed E-state index contributed by atoms with van der Waals surface area (Å²) in [5.74, 6) is 2.46. The van der Waals surface area contributed by atoms with E-state index in [1.54, 1.807) is 11.8 Å². The van der Waals surface area contributed by atoms with Crippen LogP contribution in [0.5, 0.6) is 0 Å². The van der Waals surface area contributed by atoms with E-state index in [2.05, 4.69) is 12.2 Å². The van der Waals surface area contributed by atoms with E-state index in [0.717, 1.165) is 24.6 Å². The summed E-state index contributed by atoms with van der Waals surface area (Å²) in [5.41, 5.74) is 5.72. The average molecular weight is 216 g/mol. The van der Waals surface area contributed by atoms with Gasteiger partial charge in [-0.1, -0.05) is 6.92 Å². The minimum absolute atomic E-state index is 0.0122. The van der Waals surface area contributed by atoms with E-state index in [-0.39, 0.29) is 11.9 Å². The molecule has 1 aliphatic carbocycles. The van der Waals surface area contributed by atoms with E-state index in [9.17, 15) is 4.79 Å². The lowest BCUT2D eigenvalue weighted by atomic mass is 10.2. The molecule has 1 fully saturated rings. The van der Waals surface area contributed by atoms with E-state index < -0.39 is 0 Å². The number of hydrogen-bond acceptors (Lipinski definition) is 3. The maximum absolute atomic E-state index is 11.4. The van der Waals surface area contributed by atoms with Crippen molar-refractivity contribution in [2.45, 2.75) is 25.8 Å². The van der Waals surface area contributed by atoms with Crippen LogP contribution in [0.25, 0.3) is 0 Å². The first-order valence-corrected chi connectivity index (χ1v) is 6.56. The molecule has 3 nitrogen and oxygen atoms in total. The summed E-state index contributed by atoms with van der Waals surface area (Å²) in [7, 11) is 0. The van der Waals surface area contributed by atoms with Crippen LogP contribution in [-0.2, 0) is 4.79 Å². The van der Waals surface area contributed by atoms with Crippen LogP contribution in [0.15, 0.2) is 0 Å². The summed E-state index contributed by atoms with van der Waals surface area (Å²) in [6.07, 6.45) is 4.05. The van der Waals surface area contributed by atoms with Gasteiger partial charge in [0, 0.05) is 6.54 Å². The molecule has 0 aliphatic heterocycles. The van der Waals surface area contributed by atoms with Gasteiger partial charge in [0.15, 0.2) is 0 Å². The minimum Gasteiger partial charge on any atom is -0.354 e. The van der Waals surface area contributed by atoms with Crippen molar-refractivity contribution >= 4 is 17.7 Å². The summed E-state index contributed by atoms with van der Waals surface area (Å²) in [6, 6.07) is -0.323. The molecule has 3 N–H and O–H groups in total. The van der Waals surface area contributed by atoms with E-state index >= 15 is 0 Å². The van der Waals surface area contributed by atoms with Gasteiger partial charge < -0.3 is 11.1 Å². The van der Waals surface area contributed by atoms with Crippen molar-refractivity contribution in [1.29, 1.82) is 0 Å². The summed E-state index contributed by atoms with van der Waals surface area (Å²) in [6.45, 7) is 3.03. The third-order valence-electron chi connectivity index (χ3n) is 2.78. The van der Waals surface area contributed by atoms with E-state index in [4.69, 9.17) is 5.73 Å². The molecular formula is C10H20N2OS. The lowest BCUT2D eigenvalue weighted by Crippen LogP contribution is -2.41. The molecule has 0 saturated heterocycles. The maximum Gasteiger partial charge on any atom is 0.236 e. The predicted molar refractivity (Wildman–Crippen MR) is 61.3 cm³/mol. The fraction of sp³-hybridized carbons (Fsp3) is 0.900. The Kier molecular flexibility index (Phi) is 4.75. The van der Waals surface area contributed by atoms with Crippen molar-refractivity contribution in [3.63, 3.8) is 0 Å². The Labute approximate surface area is 90.2 Å². The molecule has 0 heterocycles. The van der Waals surface area contributed by atoms with Crippen LogP contribution in [0.1, 0.15) is 19.8 Å². The maximum atomic E-state index is 11.4. The van der Waals surface area contributed by atoms with Gasteiger partial charge in [-0.25, -0.2) is 0 Å². The molecule has 1 aliphatic rings. The van der Waals surface area contributed by atoms with Crippen molar-refractivity contribution < 1.29 is 4.79 Å². The predicted octanol–water partition coefficient (Wildman–Crippen LogP) is 0.839. The number of hydrogen-bond donors (Lipinski definition) is 2. The summed E-state index contributed by atoms with van der Waals surface area (Å²) in [4.78, 5) is 11.4. The molecule has 0 aromatic heterocycles. The first-order chi connectivity index (χ1) is 6.65. The van der Waals surface area contributed by atoms with E-state index in [1.807, 2.05) is 6.26 Å². The second-order valence-corrected chi connectivity index (χ2v) is 5.09. The van der Waals surface area contributed by atoms with Crippen molar-refractivity contribution in [3.05, 3.63) is 0 Å².